The second kappa shape index (κ2) is 9.59. The normalized spacial score (nSPS) is 21.0. The summed E-state index contributed by atoms with van der Waals surface area (Å²) in [5, 5.41) is 4.37. The van der Waals surface area contributed by atoms with Gasteiger partial charge in [0, 0.05) is 11.7 Å². The van der Waals surface area contributed by atoms with Gasteiger partial charge in [-0.25, -0.2) is 9.78 Å². The lowest BCUT2D eigenvalue weighted by Crippen LogP contribution is -2.49. The molecule has 0 unspecified atom stereocenters. The summed E-state index contributed by atoms with van der Waals surface area (Å²) < 4.78 is 2.24. The molecule has 0 radical (unpaired) electrons. The first-order valence-electron chi connectivity index (χ1n) is 11.5. The van der Waals surface area contributed by atoms with Crippen molar-refractivity contribution in [2.75, 3.05) is 5.75 Å². The summed E-state index contributed by atoms with van der Waals surface area (Å²) in [6.07, 6.45) is 5.76. The van der Waals surface area contributed by atoms with Crippen LogP contribution in [0.3, 0.4) is 0 Å². The average Bonchev–Trinajstić information content (AvgIpc) is 3.47. The van der Waals surface area contributed by atoms with Crippen LogP contribution in [-0.2, 0) is 16.0 Å². The molecule has 2 N–H and O–H groups in total. The number of amides is 4. The van der Waals surface area contributed by atoms with Crippen LogP contribution in [0.15, 0.2) is 35.5 Å². The maximum Gasteiger partial charge on any atom is 0.344 e. The Morgan fingerprint density at radius 2 is 1.91 bits per heavy atom. The molecule has 1 aromatic heterocycles. The molecule has 1 aromatic carbocycles. The predicted molar refractivity (Wildman–Crippen MR) is 127 cm³/mol. The minimum Gasteiger partial charge on any atom is -0.322 e. The Morgan fingerprint density at radius 3 is 2.61 bits per heavy atom. The molecule has 2 aliphatic rings. The Morgan fingerprint density at radius 1 is 1.21 bits per heavy atom. The summed E-state index contributed by atoms with van der Waals surface area (Å²) in [6.45, 7) is 5.74. The molecule has 2 aromatic rings. The van der Waals surface area contributed by atoms with Crippen molar-refractivity contribution in [3.63, 3.8) is 0 Å². The maximum absolute atomic E-state index is 12.9. The number of hydrogen-bond donors (Lipinski definition) is 2. The fourth-order valence-corrected chi connectivity index (χ4v) is 5.52. The highest BCUT2D eigenvalue weighted by Gasteiger charge is 2.48. The maximum atomic E-state index is 12.9. The Hall–Kier alpha value is -2.81. The van der Waals surface area contributed by atoms with E-state index in [2.05, 4.69) is 27.2 Å². The summed E-state index contributed by atoms with van der Waals surface area (Å²) in [7, 11) is 0. The number of urea groups is 1. The fraction of sp³-hybridized carbons (Fsp3) is 0.500. The van der Waals surface area contributed by atoms with Crippen LogP contribution >= 0.6 is 11.8 Å². The lowest BCUT2D eigenvalue weighted by molar-refractivity contribution is -0.138. The Labute approximate surface area is 198 Å². The van der Waals surface area contributed by atoms with Gasteiger partial charge in [-0.3, -0.25) is 15.0 Å². The Kier molecular flexibility index (Phi) is 6.78. The van der Waals surface area contributed by atoms with E-state index in [1.165, 1.54) is 24.6 Å². The van der Waals surface area contributed by atoms with Gasteiger partial charge in [-0.05, 0) is 52.0 Å². The van der Waals surface area contributed by atoms with Crippen LogP contribution in [0.4, 0.5) is 4.79 Å². The van der Waals surface area contributed by atoms with Crippen molar-refractivity contribution in [3.05, 3.63) is 47.3 Å². The number of carbonyl (C=O) groups is 3. The van der Waals surface area contributed by atoms with E-state index in [0.717, 1.165) is 40.0 Å². The van der Waals surface area contributed by atoms with E-state index in [4.69, 9.17) is 0 Å². The standard InChI is InChI=1S/C24H31N5O3S/c1-16-17(2)28(19-11-7-8-12-19)23(25-16)33-15-20(30)27-29-21(31)24(3,26-22(29)32)14-13-18-9-5-4-6-10-18/h4-6,9-10,19H,7-8,11-15H2,1-3H3,(H,26,32)(H,27,30)/t24-/m0/s1. The fourth-order valence-electron chi connectivity index (χ4n) is 4.57. The number of benzene rings is 1. The minimum atomic E-state index is -1.06. The first-order valence-corrected chi connectivity index (χ1v) is 12.5. The zero-order valence-corrected chi connectivity index (χ0v) is 20.2. The molecule has 4 rings (SSSR count). The van der Waals surface area contributed by atoms with E-state index in [1.54, 1.807) is 6.92 Å². The van der Waals surface area contributed by atoms with Gasteiger partial charge in [0.15, 0.2) is 5.16 Å². The SMILES string of the molecule is Cc1nc(SCC(=O)NN2C(=O)N[C@@](C)(CCc3ccccc3)C2=O)n(C2CCCC2)c1C. The molecule has 1 aliphatic heterocycles. The first-order chi connectivity index (χ1) is 15.8. The second-order valence-electron chi connectivity index (χ2n) is 9.09. The van der Waals surface area contributed by atoms with E-state index in [0.29, 0.717) is 18.9 Å². The van der Waals surface area contributed by atoms with Crippen LogP contribution in [0.5, 0.6) is 0 Å². The van der Waals surface area contributed by atoms with Gasteiger partial charge in [-0.2, -0.15) is 5.01 Å². The highest BCUT2D eigenvalue weighted by Crippen LogP contribution is 2.35. The van der Waals surface area contributed by atoms with Crippen LogP contribution in [0.25, 0.3) is 0 Å². The van der Waals surface area contributed by atoms with Crippen LogP contribution in [0.2, 0.25) is 0 Å². The Balaban J connectivity index is 1.35. The highest BCUT2D eigenvalue weighted by molar-refractivity contribution is 7.99. The Bertz CT molecular complexity index is 1050. The molecular weight excluding hydrogens is 438 g/mol. The third kappa shape index (κ3) is 4.93. The summed E-state index contributed by atoms with van der Waals surface area (Å²) in [4.78, 5) is 42.7. The summed E-state index contributed by atoms with van der Waals surface area (Å²) in [5.41, 5.74) is 4.62. The van der Waals surface area contributed by atoms with E-state index in [-0.39, 0.29) is 5.75 Å². The number of nitrogens with zero attached hydrogens (tertiary/aromatic N) is 3. The topological polar surface area (TPSA) is 96.3 Å². The number of imide groups is 1. The minimum absolute atomic E-state index is 0.0698. The van der Waals surface area contributed by atoms with Crippen LogP contribution in [-0.4, -0.2) is 43.7 Å². The molecule has 1 saturated carbocycles. The number of rotatable bonds is 8. The lowest BCUT2D eigenvalue weighted by Gasteiger charge is -2.21. The molecule has 2 fully saturated rings. The third-order valence-corrected chi connectivity index (χ3v) is 7.58. The number of imidazole rings is 1. The monoisotopic (exact) mass is 469 g/mol. The number of nitrogens with one attached hydrogen (secondary N) is 2. The molecule has 33 heavy (non-hydrogen) atoms. The molecule has 0 spiro atoms. The largest absolute Gasteiger partial charge is 0.344 e. The third-order valence-electron chi connectivity index (χ3n) is 6.63. The molecule has 176 valence electrons. The number of aryl methyl sites for hydroxylation is 2. The summed E-state index contributed by atoms with van der Waals surface area (Å²) in [5.74, 6) is -0.784. The second-order valence-corrected chi connectivity index (χ2v) is 10.0. The van der Waals surface area contributed by atoms with Gasteiger partial charge >= 0.3 is 6.03 Å². The number of carbonyl (C=O) groups excluding carboxylic acids is 3. The molecule has 1 aliphatic carbocycles. The molecule has 2 heterocycles. The van der Waals surface area contributed by atoms with Gasteiger partial charge in [0.05, 0.1) is 11.4 Å². The van der Waals surface area contributed by atoms with Crippen molar-refractivity contribution in [2.45, 2.75) is 76.0 Å². The predicted octanol–water partition coefficient (Wildman–Crippen LogP) is 3.68. The van der Waals surface area contributed by atoms with E-state index in [1.807, 2.05) is 37.3 Å². The zero-order valence-electron chi connectivity index (χ0n) is 19.4. The number of thioether (sulfide) groups is 1. The van der Waals surface area contributed by atoms with E-state index in [9.17, 15) is 14.4 Å². The quantitative estimate of drug-likeness (QED) is 0.454. The van der Waals surface area contributed by atoms with Gasteiger partial charge in [0.25, 0.3) is 5.91 Å². The van der Waals surface area contributed by atoms with Crippen molar-refractivity contribution in [1.82, 2.24) is 25.3 Å². The van der Waals surface area contributed by atoms with Crippen LogP contribution in [0, 0.1) is 13.8 Å². The van der Waals surface area contributed by atoms with Crippen molar-refractivity contribution in [3.8, 4) is 0 Å². The van der Waals surface area contributed by atoms with Crippen LogP contribution < -0.4 is 10.7 Å². The molecule has 0 bridgehead atoms. The van der Waals surface area contributed by atoms with Gasteiger partial charge in [0.1, 0.15) is 5.54 Å². The van der Waals surface area contributed by atoms with Gasteiger partial charge < -0.3 is 9.88 Å². The smallest absolute Gasteiger partial charge is 0.322 e. The summed E-state index contributed by atoms with van der Waals surface area (Å²) in [6, 6.07) is 9.61. The van der Waals surface area contributed by atoms with Gasteiger partial charge in [-0.1, -0.05) is 54.9 Å². The van der Waals surface area contributed by atoms with Crippen molar-refractivity contribution in [2.24, 2.45) is 0 Å². The van der Waals surface area contributed by atoms with Gasteiger partial charge in [-0.15, -0.1) is 0 Å². The van der Waals surface area contributed by atoms with E-state index >= 15 is 0 Å². The number of hydrazine groups is 1. The zero-order chi connectivity index (χ0) is 23.6. The molecule has 1 atom stereocenters. The molecule has 8 nitrogen and oxygen atoms in total. The van der Waals surface area contributed by atoms with E-state index < -0.39 is 23.4 Å². The first kappa shape index (κ1) is 23.4. The molecule has 9 heteroatoms. The highest BCUT2D eigenvalue weighted by atomic mass is 32.2. The van der Waals surface area contributed by atoms with Crippen LogP contribution in [0.1, 0.15) is 62.0 Å². The van der Waals surface area contributed by atoms with Crippen molar-refractivity contribution >= 4 is 29.6 Å². The summed E-state index contributed by atoms with van der Waals surface area (Å²) >= 11 is 1.34. The molecule has 1 saturated heterocycles. The number of hydrogen-bond acceptors (Lipinski definition) is 5. The lowest BCUT2D eigenvalue weighted by atomic mass is 9.93. The molecular formula is C24H31N5O3S. The number of aromatic nitrogens is 2. The van der Waals surface area contributed by atoms with Gasteiger partial charge in [0.2, 0.25) is 5.91 Å². The average molecular weight is 470 g/mol. The van der Waals surface area contributed by atoms with Crippen molar-refractivity contribution in [1.29, 1.82) is 0 Å². The van der Waals surface area contributed by atoms with Crippen molar-refractivity contribution < 1.29 is 14.4 Å². The molecule has 4 amide bonds.